The third kappa shape index (κ3) is 4.05. The monoisotopic (exact) mass is 393 g/mol. The van der Waals surface area contributed by atoms with E-state index in [0.29, 0.717) is 16.7 Å². The summed E-state index contributed by atoms with van der Waals surface area (Å²) < 4.78 is 0. The van der Waals surface area contributed by atoms with Gasteiger partial charge in [-0.3, -0.25) is 4.79 Å². The number of amides is 1. The molecule has 158 valence electrons. The highest BCUT2D eigenvalue weighted by molar-refractivity contribution is 5.95. The minimum Gasteiger partial charge on any atom is -0.312 e. The van der Waals surface area contributed by atoms with Crippen molar-refractivity contribution >= 4 is 11.6 Å². The van der Waals surface area contributed by atoms with Crippen molar-refractivity contribution in [1.29, 1.82) is 0 Å². The Hall–Kier alpha value is -1.57. The first-order chi connectivity index (χ1) is 13.8. The lowest BCUT2D eigenvalue weighted by Gasteiger charge is -2.55. The highest BCUT2D eigenvalue weighted by Crippen LogP contribution is 2.59. The topological polar surface area (TPSA) is 20.3 Å². The zero-order valence-electron chi connectivity index (χ0n) is 18.8. The van der Waals surface area contributed by atoms with Crippen LogP contribution in [0.1, 0.15) is 83.6 Å². The van der Waals surface area contributed by atoms with Gasteiger partial charge in [-0.1, -0.05) is 31.2 Å². The summed E-state index contributed by atoms with van der Waals surface area (Å²) in [6.45, 7) is 11.9. The zero-order valence-corrected chi connectivity index (χ0v) is 18.8. The van der Waals surface area contributed by atoms with Crippen LogP contribution in [0.5, 0.6) is 0 Å². The Morgan fingerprint density at radius 3 is 2.24 bits per heavy atom. The fourth-order valence-electron chi connectivity index (χ4n) is 6.30. The van der Waals surface area contributed by atoms with Crippen LogP contribution in [0.2, 0.25) is 0 Å². The highest BCUT2D eigenvalue weighted by atomic mass is 16.2. The lowest BCUT2D eigenvalue weighted by atomic mass is 9.52. The molecule has 0 N–H and O–H groups in total. The summed E-state index contributed by atoms with van der Waals surface area (Å²) in [7, 11) is 0. The van der Waals surface area contributed by atoms with E-state index >= 15 is 0 Å². The van der Waals surface area contributed by atoms with Crippen LogP contribution in [-0.2, 0) is 4.79 Å². The van der Waals surface area contributed by atoms with Gasteiger partial charge >= 0.3 is 0 Å². The van der Waals surface area contributed by atoms with Crippen molar-refractivity contribution in [2.75, 3.05) is 11.4 Å². The van der Waals surface area contributed by atoms with Crippen LogP contribution >= 0.6 is 0 Å². The van der Waals surface area contributed by atoms with Gasteiger partial charge in [-0.2, -0.15) is 0 Å². The molecule has 0 unspecified atom stereocenters. The molecular formula is C27H39NO. The van der Waals surface area contributed by atoms with Crippen LogP contribution in [0.15, 0.2) is 36.4 Å². The van der Waals surface area contributed by atoms with Gasteiger partial charge in [0.25, 0.3) is 0 Å². The maximum atomic E-state index is 13.7. The molecule has 0 atom stereocenters. The summed E-state index contributed by atoms with van der Waals surface area (Å²) in [5, 5.41) is 0. The average molecular weight is 394 g/mol. The second-order valence-corrected chi connectivity index (χ2v) is 10.8. The lowest BCUT2D eigenvalue weighted by Crippen LogP contribution is -2.50. The van der Waals surface area contributed by atoms with Gasteiger partial charge < -0.3 is 4.90 Å². The maximum Gasteiger partial charge on any atom is 0.230 e. The van der Waals surface area contributed by atoms with Crippen molar-refractivity contribution < 1.29 is 4.79 Å². The summed E-state index contributed by atoms with van der Waals surface area (Å²) in [5.74, 6) is 1.38. The van der Waals surface area contributed by atoms with Crippen molar-refractivity contribution in [2.24, 2.45) is 22.7 Å². The number of carbonyl (C=O) groups excluding carboxylic acids is 1. The zero-order chi connectivity index (χ0) is 20.6. The van der Waals surface area contributed by atoms with Crippen molar-refractivity contribution in [3.8, 4) is 0 Å². The average Bonchev–Trinajstić information content (AvgIpc) is 2.73. The fourth-order valence-corrected chi connectivity index (χ4v) is 6.30. The summed E-state index contributed by atoms with van der Waals surface area (Å²) in [6.07, 6.45) is 12.1. The molecule has 1 aromatic carbocycles. The molecule has 0 radical (unpaired) electrons. The van der Waals surface area contributed by atoms with Crippen molar-refractivity contribution in [1.82, 2.24) is 0 Å². The fraction of sp³-hybridized carbons (Fsp3) is 0.667. The lowest BCUT2D eigenvalue weighted by molar-refractivity contribution is -0.124. The Labute approximate surface area is 177 Å². The number of nitrogens with zero attached hydrogens (tertiary/aromatic N) is 1. The number of hydrogen-bond acceptors (Lipinski definition) is 1. The second kappa shape index (κ2) is 7.93. The number of carbonyl (C=O) groups is 1. The number of benzene rings is 1. The molecule has 2 bridgehead atoms. The van der Waals surface area contributed by atoms with E-state index in [1.54, 1.807) is 0 Å². The number of allylic oxidation sites excluding steroid dienone is 1. The smallest absolute Gasteiger partial charge is 0.230 e. The summed E-state index contributed by atoms with van der Waals surface area (Å²) in [6, 6.07) is 8.61. The van der Waals surface area contributed by atoms with Crippen LogP contribution in [0.25, 0.3) is 0 Å². The molecule has 0 saturated heterocycles. The van der Waals surface area contributed by atoms with Gasteiger partial charge in [-0.25, -0.2) is 0 Å². The number of anilines is 1. The van der Waals surface area contributed by atoms with E-state index in [2.05, 4.69) is 56.5 Å². The maximum absolute atomic E-state index is 13.7. The Morgan fingerprint density at radius 1 is 1.07 bits per heavy atom. The summed E-state index contributed by atoms with van der Waals surface area (Å²) >= 11 is 0. The van der Waals surface area contributed by atoms with E-state index < -0.39 is 0 Å². The molecule has 4 saturated carbocycles. The van der Waals surface area contributed by atoms with E-state index in [4.69, 9.17) is 0 Å². The molecule has 1 amide bonds. The first-order valence-corrected chi connectivity index (χ1v) is 11.9. The van der Waals surface area contributed by atoms with E-state index in [1.807, 2.05) is 0 Å². The van der Waals surface area contributed by atoms with Gasteiger partial charge in [0.05, 0.1) is 0 Å². The van der Waals surface area contributed by atoms with Crippen LogP contribution < -0.4 is 4.90 Å². The molecule has 2 nitrogen and oxygen atoms in total. The first kappa shape index (κ1) is 20.7. The molecule has 0 aromatic heterocycles. The van der Waals surface area contributed by atoms with E-state index in [9.17, 15) is 4.79 Å². The SMILES string of the molecule is C=C(C)C12CCC(CN(C(=O)C3CCC(C)CC3)c3cccc(C)c3)(CC1)CC2. The Kier molecular flexibility index (Phi) is 5.66. The molecule has 0 heterocycles. The van der Waals surface area contributed by atoms with E-state index in [0.717, 1.165) is 31.0 Å². The third-order valence-electron chi connectivity index (χ3n) is 8.74. The largest absolute Gasteiger partial charge is 0.312 e. The molecular weight excluding hydrogens is 354 g/mol. The van der Waals surface area contributed by atoms with Gasteiger partial charge in [0, 0.05) is 18.2 Å². The van der Waals surface area contributed by atoms with Crippen LogP contribution in [0, 0.1) is 29.6 Å². The molecule has 4 aliphatic rings. The summed E-state index contributed by atoms with van der Waals surface area (Å²) in [4.78, 5) is 15.9. The van der Waals surface area contributed by atoms with E-state index in [1.165, 1.54) is 62.5 Å². The first-order valence-electron chi connectivity index (χ1n) is 11.9. The molecule has 1 aromatic rings. The quantitative estimate of drug-likeness (QED) is 0.490. The van der Waals surface area contributed by atoms with Crippen molar-refractivity contribution in [3.63, 3.8) is 0 Å². The third-order valence-corrected chi connectivity index (χ3v) is 8.74. The standard InChI is InChI=1S/C27H39NO/c1-20(2)27-15-12-26(13-16-27,14-17-27)19-28(24-7-5-6-22(4)18-24)25(29)23-10-8-21(3)9-11-23/h5-7,18,21,23H,1,8-17,19H2,2-4H3. The Balaban J connectivity index is 1.57. The predicted molar refractivity (Wildman–Crippen MR) is 122 cm³/mol. The van der Waals surface area contributed by atoms with Crippen LogP contribution in [0.3, 0.4) is 0 Å². The van der Waals surface area contributed by atoms with Gasteiger partial charge in [0.2, 0.25) is 5.91 Å². The molecule has 4 fully saturated rings. The van der Waals surface area contributed by atoms with Gasteiger partial charge in [-0.15, -0.1) is 0 Å². The highest BCUT2D eigenvalue weighted by Gasteiger charge is 2.50. The Morgan fingerprint density at radius 2 is 1.69 bits per heavy atom. The van der Waals surface area contributed by atoms with E-state index in [-0.39, 0.29) is 5.92 Å². The number of rotatable bonds is 5. The molecule has 0 aliphatic heterocycles. The number of fused-ring (bicyclic) bond motifs is 3. The molecule has 5 rings (SSSR count). The van der Waals surface area contributed by atoms with Gasteiger partial charge in [-0.05, 0) is 112 Å². The number of aryl methyl sites for hydroxylation is 1. The van der Waals surface area contributed by atoms with Crippen molar-refractivity contribution in [2.45, 2.75) is 85.0 Å². The molecule has 4 aliphatic carbocycles. The Bertz CT molecular complexity index is 746. The normalized spacial score (nSPS) is 34.0. The number of hydrogen-bond donors (Lipinski definition) is 0. The molecule has 0 spiro atoms. The van der Waals surface area contributed by atoms with Crippen LogP contribution in [-0.4, -0.2) is 12.5 Å². The van der Waals surface area contributed by atoms with Gasteiger partial charge in [0.15, 0.2) is 0 Å². The van der Waals surface area contributed by atoms with Gasteiger partial charge in [0.1, 0.15) is 0 Å². The molecule has 2 heteroatoms. The molecule has 29 heavy (non-hydrogen) atoms. The van der Waals surface area contributed by atoms with Crippen molar-refractivity contribution in [3.05, 3.63) is 42.0 Å². The minimum absolute atomic E-state index is 0.213. The second-order valence-electron chi connectivity index (χ2n) is 10.8. The van der Waals surface area contributed by atoms with Crippen LogP contribution in [0.4, 0.5) is 5.69 Å². The summed E-state index contributed by atoms with van der Waals surface area (Å²) in [5.41, 5.74) is 4.43. The predicted octanol–water partition coefficient (Wildman–Crippen LogP) is 7.07. The minimum atomic E-state index is 0.213.